The molecule has 2 heterocycles. The second-order valence-corrected chi connectivity index (χ2v) is 5.70. The zero-order valence-electron chi connectivity index (χ0n) is 11.8. The van der Waals surface area contributed by atoms with Crippen LogP contribution in [0.3, 0.4) is 0 Å². The van der Waals surface area contributed by atoms with Crippen LogP contribution in [0.5, 0.6) is 0 Å². The second kappa shape index (κ2) is 7.48. The van der Waals surface area contributed by atoms with Crippen molar-refractivity contribution in [1.29, 1.82) is 0 Å². The lowest BCUT2D eigenvalue weighted by Crippen LogP contribution is -1.86. The third kappa shape index (κ3) is 3.57. The molecule has 0 aliphatic heterocycles. The van der Waals surface area contributed by atoms with Gasteiger partial charge in [-0.15, -0.1) is 28.3 Å². The number of aryl methyl sites for hydroxylation is 1. The Morgan fingerprint density at radius 2 is 1.76 bits per heavy atom. The van der Waals surface area contributed by atoms with Gasteiger partial charge in [-0.25, -0.2) is 4.98 Å². The molecule has 2 aromatic heterocycles. The molecule has 1 aromatic carbocycles. The summed E-state index contributed by atoms with van der Waals surface area (Å²) in [5.41, 5.74) is 3.17. The van der Waals surface area contributed by atoms with Gasteiger partial charge in [0.25, 0.3) is 0 Å². The lowest BCUT2D eigenvalue weighted by Gasteiger charge is -2.01. The summed E-state index contributed by atoms with van der Waals surface area (Å²) in [4.78, 5) is 10.5. The molecule has 0 N–H and O–H groups in total. The van der Waals surface area contributed by atoms with Crippen LogP contribution >= 0.6 is 28.3 Å². The Morgan fingerprint density at radius 3 is 2.43 bits per heavy atom. The minimum absolute atomic E-state index is 0. The molecule has 0 amide bonds. The van der Waals surface area contributed by atoms with E-state index in [4.69, 9.17) is 4.98 Å². The summed E-state index contributed by atoms with van der Waals surface area (Å²) in [6.07, 6.45) is 3.96. The molecular formula is C17H17BrN2S. The zero-order valence-corrected chi connectivity index (χ0v) is 14.4. The maximum atomic E-state index is 4.80. The van der Waals surface area contributed by atoms with Gasteiger partial charge >= 0.3 is 0 Å². The maximum absolute atomic E-state index is 4.80. The fourth-order valence-electron chi connectivity index (χ4n) is 2.15. The van der Waals surface area contributed by atoms with E-state index in [1.165, 1.54) is 15.4 Å². The van der Waals surface area contributed by atoms with Gasteiger partial charge in [0.05, 0.1) is 15.6 Å². The molecule has 3 aromatic rings. The van der Waals surface area contributed by atoms with Gasteiger partial charge in [0.1, 0.15) is 5.69 Å². The van der Waals surface area contributed by atoms with Crippen molar-refractivity contribution in [3.63, 3.8) is 0 Å². The quantitative estimate of drug-likeness (QED) is 0.622. The Bertz CT molecular complexity index is 624. The van der Waals surface area contributed by atoms with Gasteiger partial charge in [0.2, 0.25) is 0 Å². The summed E-state index contributed by atoms with van der Waals surface area (Å²) in [5.74, 6) is 0. The molecule has 0 saturated heterocycles. The first kappa shape index (κ1) is 15.9. The van der Waals surface area contributed by atoms with E-state index < -0.39 is 0 Å². The van der Waals surface area contributed by atoms with Gasteiger partial charge in [-0.05, 0) is 30.5 Å². The van der Waals surface area contributed by atoms with Crippen molar-refractivity contribution in [2.45, 2.75) is 19.8 Å². The molecule has 0 fully saturated rings. The van der Waals surface area contributed by atoms with Crippen LogP contribution in [-0.2, 0) is 6.42 Å². The van der Waals surface area contributed by atoms with Gasteiger partial charge in [-0.1, -0.05) is 43.3 Å². The Balaban J connectivity index is 0.00000161. The highest BCUT2D eigenvalue weighted by molar-refractivity contribution is 8.93. The van der Waals surface area contributed by atoms with E-state index in [0.29, 0.717) is 0 Å². The van der Waals surface area contributed by atoms with Gasteiger partial charge < -0.3 is 0 Å². The highest BCUT2D eigenvalue weighted by atomic mass is 79.9. The van der Waals surface area contributed by atoms with Crippen molar-refractivity contribution in [2.24, 2.45) is 0 Å². The first-order valence-corrected chi connectivity index (χ1v) is 7.66. The molecule has 0 radical (unpaired) electrons. The fraction of sp³-hybridized carbons (Fsp3) is 0.176. The highest BCUT2D eigenvalue weighted by Crippen LogP contribution is 2.36. The van der Waals surface area contributed by atoms with E-state index in [2.05, 4.69) is 36.2 Å². The molecule has 0 unspecified atom stereocenters. The summed E-state index contributed by atoms with van der Waals surface area (Å²) < 4.78 is 0. The van der Waals surface area contributed by atoms with Crippen molar-refractivity contribution in [1.82, 2.24) is 9.97 Å². The molecule has 0 spiro atoms. The first-order valence-electron chi connectivity index (χ1n) is 6.85. The molecular weight excluding hydrogens is 344 g/mol. The van der Waals surface area contributed by atoms with Crippen molar-refractivity contribution in [2.75, 3.05) is 0 Å². The summed E-state index contributed by atoms with van der Waals surface area (Å²) in [6, 6.07) is 16.4. The number of aromatic nitrogens is 2. The van der Waals surface area contributed by atoms with E-state index in [1.807, 2.05) is 30.5 Å². The monoisotopic (exact) mass is 360 g/mol. The van der Waals surface area contributed by atoms with Crippen LogP contribution in [0.1, 0.15) is 18.4 Å². The molecule has 0 atom stereocenters. The molecule has 3 rings (SSSR count). The van der Waals surface area contributed by atoms with E-state index in [0.717, 1.165) is 24.2 Å². The molecule has 0 aliphatic rings. The Morgan fingerprint density at radius 1 is 1.00 bits per heavy atom. The van der Waals surface area contributed by atoms with E-state index >= 15 is 0 Å². The molecule has 21 heavy (non-hydrogen) atoms. The van der Waals surface area contributed by atoms with Crippen LogP contribution in [0.2, 0.25) is 0 Å². The third-order valence-corrected chi connectivity index (χ3v) is 4.24. The summed E-state index contributed by atoms with van der Waals surface area (Å²) in [5, 5.41) is 1.19. The molecule has 4 heteroatoms. The van der Waals surface area contributed by atoms with E-state index in [-0.39, 0.29) is 17.0 Å². The van der Waals surface area contributed by atoms with Crippen LogP contribution in [0.15, 0.2) is 54.7 Å². The number of benzene rings is 1. The maximum Gasteiger partial charge on any atom is 0.108 e. The molecule has 0 saturated carbocycles. The van der Waals surface area contributed by atoms with Gasteiger partial charge in [-0.3, -0.25) is 4.98 Å². The molecule has 0 bridgehead atoms. The van der Waals surface area contributed by atoms with Crippen LogP contribution in [0.4, 0.5) is 0 Å². The average Bonchev–Trinajstić information content (AvgIpc) is 2.93. The van der Waals surface area contributed by atoms with Crippen LogP contribution < -0.4 is 0 Å². The smallest absolute Gasteiger partial charge is 0.108 e. The molecule has 0 aliphatic carbocycles. The molecule has 108 valence electrons. The topological polar surface area (TPSA) is 25.8 Å². The van der Waals surface area contributed by atoms with Gasteiger partial charge in [-0.2, -0.15) is 0 Å². The zero-order chi connectivity index (χ0) is 13.8. The number of nitrogens with zero attached hydrogens (tertiary/aromatic N) is 2. The number of halogens is 1. The van der Waals surface area contributed by atoms with Crippen LogP contribution in [0.25, 0.3) is 21.8 Å². The first-order chi connectivity index (χ1) is 9.88. The number of thiazole rings is 1. The number of rotatable bonds is 4. The lowest BCUT2D eigenvalue weighted by molar-refractivity contribution is 0.909. The van der Waals surface area contributed by atoms with Gasteiger partial charge in [0.15, 0.2) is 0 Å². The third-order valence-electron chi connectivity index (χ3n) is 3.08. The fourth-order valence-corrected chi connectivity index (χ4v) is 3.33. The number of pyridine rings is 1. The normalized spacial score (nSPS) is 10.1. The summed E-state index contributed by atoms with van der Waals surface area (Å²) in [6.45, 7) is 2.18. The SMILES string of the molecule is Br.CCCc1nc(-c2ccccn2)c(-c2ccccc2)s1. The predicted molar refractivity (Wildman–Crippen MR) is 95.1 cm³/mol. The van der Waals surface area contributed by atoms with Crippen molar-refractivity contribution < 1.29 is 0 Å². The largest absolute Gasteiger partial charge is 0.255 e. The Kier molecular flexibility index (Phi) is 5.65. The van der Waals surface area contributed by atoms with Crippen LogP contribution in [-0.4, -0.2) is 9.97 Å². The van der Waals surface area contributed by atoms with Crippen molar-refractivity contribution in [3.05, 3.63) is 59.7 Å². The minimum Gasteiger partial charge on any atom is -0.255 e. The molecule has 2 nitrogen and oxygen atoms in total. The Labute approximate surface area is 139 Å². The standard InChI is InChI=1S/C17H16N2S.BrH/c1-2-8-15-19-16(14-11-6-7-12-18-14)17(20-15)13-9-4-3-5-10-13;/h3-7,9-12H,2,8H2,1H3;1H. The predicted octanol–water partition coefficient (Wildman–Crippen LogP) is 5.40. The average molecular weight is 361 g/mol. The second-order valence-electron chi connectivity index (χ2n) is 4.62. The number of hydrogen-bond acceptors (Lipinski definition) is 3. The lowest BCUT2D eigenvalue weighted by atomic mass is 10.1. The number of hydrogen-bond donors (Lipinski definition) is 0. The summed E-state index contributed by atoms with van der Waals surface area (Å²) in [7, 11) is 0. The summed E-state index contributed by atoms with van der Waals surface area (Å²) >= 11 is 1.78. The van der Waals surface area contributed by atoms with Gasteiger partial charge in [0, 0.05) is 6.20 Å². The van der Waals surface area contributed by atoms with E-state index in [9.17, 15) is 0 Å². The minimum atomic E-state index is 0. The van der Waals surface area contributed by atoms with Crippen LogP contribution in [0, 0.1) is 0 Å². The van der Waals surface area contributed by atoms with Crippen molar-refractivity contribution in [3.8, 4) is 21.8 Å². The Hall–Kier alpha value is -1.52. The highest BCUT2D eigenvalue weighted by Gasteiger charge is 2.14. The van der Waals surface area contributed by atoms with Crippen molar-refractivity contribution >= 4 is 28.3 Å². The van der Waals surface area contributed by atoms with E-state index in [1.54, 1.807) is 11.3 Å².